The van der Waals surface area contributed by atoms with Crippen LogP contribution in [0, 0.1) is 5.82 Å². The van der Waals surface area contributed by atoms with E-state index in [4.69, 9.17) is 4.74 Å². The normalized spacial score (nSPS) is 15.5. The van der Waals surface area contributed by atoms with Crippen molar-refractivity contribution < 1.29 is 14.2 Å². The van der Waals surface area contributed by atoms with Crippen molar-refractivity contribution in [2.75, 3.05) is 44.7 Å². The highest BCUT2D eigenvalue weighted by atomic mass is 19.1. The van der Waals surface area contributed by atoms with E-state index in [2.05, 4.69) is 9.80 Å². The van der Waals surface area contributed by atoms with Crippen LogP contribution in [0.4, 0.5) is 10.1 Å². The second kappa shape index (κ2) is 7.53. The second-order valence-corrected chi connectivity index (χ2v) is 6.04. The van der Waals surface area contributed by atoms with E-state index < -0.39 is 0 Å². The van der Waals surface area contributed by atoms with Gasteiger partial charge in [0.05, 0.1) is 12.8 Å². The topological polar surface area (TPSA) is 35.9 Å². The molecule has 1 N–H and O–H groups in total. The molecule has 2 aromatic rings. The second-order valence-electron chi connectivity index (χ2n) is 6.04. The first-order valence-corrected chi connectivity index (χ1v) is 8.25. The lowest BCUT2D eigenvalue weighted by atomic mass is 10.1. The highest BCUT2D eigenvalue weighted by molar-refractivity contribution is 5.48. The first kappa shape index (κ1) is 16.6. The minimum atomic E-state index is -0.151. The summed E-state index contributed by atoms with van der Waals surface area (Å²) in [4.78, 5) is 4.49. The quantitative estimate of drug-likeness (QED) is 0.914. The first-order valence-electron chi connectivity index (χ1n) is 8.25. The lowest BCUT2D eigenvalue weighted by Gasteiger charge is -2.36. The molecule has 1 aliphatic rings. The van der Waals surface area contributed by atoms with E-state index in [0.717, 1.165) is 44.7 Å². The Balaban J connectivity index is 1.52. The van der Waals surface area contributed by atoms with Crippen molar-refractivity contribution >= 4 is 5.69 Å². The molecule has 0 amide bonds. The average molecular weight is 330 g/mol. The predicted molar refractivity (Wildman–Crippen MR) is 93.4 cm³/mol. The van der Waals surface area contributed by atoms with E-state index in [1.807, 2.05) is 24.3 Å². The number of anilines is 1. The van der Waals surface area contributed by atoms with Gasteiger partial charge in [-0.25, -0.2) is 4.39 Å². The third kappa shape index (κ3) is 3.79. The van der Waals surface area contributed by atoms with Crippen LogP contribution in [-0.4, -0.2) is 49.8 Å². The molecule has 0 radical (unpaired) electrons. The van der Waals surface area contributed by atoms with Gasteiger partial charge in [-0.05, 0) is 36.2 Å². The predicted octanol–water partition coefficient (Wildman–Crippen LogP) is 2.90. The zero-order valence-corrected chi connectivity index (χ0v) is 13.9. The number of aromatic hydroxyl groups is 1. The molecule has 1 aliphatic heterocycles. The van der Waals surface area contributed by atoms with Crippen LogP contribution in [0.15, 0.2) is 42.5 Å². The molecule has 1 heterocycles. The molecule has 24 heavy (non-hydrogen) atoms. The Morgan fingerprint density at radius 2 is 1.83 bits per heavy atom. The lowest BCUT2D eigenvalue weighted by molar-refractivity contribution is 0.260. The van der Waals surface area contributed by atoms with Crippen LogP contribution in [0.1, 0.15) is 5.56 Å². The average Bonchev–Trinajstić information content (AvgIpc) is 2.62. The number of methoxy groups -OCH3 is 1. The van der Waals surface area contributed by atoms with Gasteiger partial charge in [0.15, 0.2) is 11.5 Å². The zero-order chi connectivity index (χ0) is 16.9. The van der Waals surface area contributed by atoms with Crippen LogP contribution in [0.25, 0.3) is 0 Å². The summed E-state index contributed by atoms with van der Waals surface area (Å²) in [6.45, 7) is 4.45. The van der Waals surface area contributed by atoms with E-state index in [-0.39, 0.29) is 11.6 Å². The maximum atomic E-state index is 13.9. The number of benzene rings is 2. The largest absolute Gasteiger partial charge is 0.504 e. The summed E-state index contributed by atoms with van der Waals surface area (Å²) in [6.07, 6.45) is 0.899. The van der Waals surface area contributed by atoms with Gasteiger partial charge in [-0.15, -0.1) is 0 Å². The number of para-hydroxylation sites is 1. The fourth-order valence-electron chi connectivity index (χ4n) is 3.09. The summed E-state index contributed by atoms with van der Waals surface area (Å²) in [6, 6.07) is 12.4. The zero-order valence-electron chi connectivity index (χ0n) is 13.9. The highest BCUT2D eigenvalue weighted by Gasteiger charge is 2.19. The molecule has 3 rings (SSSR count). The van der Waals surface area contributed by atoms with Gasteiger partial charge >= 0.3 is 0 Å². The highest BCUT2D eigenvalue weighted by Crippen LogP contribution is 2.26. The molecule has 0 bridgehead atoms. The van der Waals surface area contributed by atoms with Crippen molar-refractivity contribution in [2.24, 2.45) is 0 Å². The summed E-state index contributed by atoms with van der Waals surface area (Å²) in [5.74, 6) is 0.527. The van der Waals surface area contributed by atoms with E-state index >= 15 is 0 Å². The summed E-state index contributed by atoms with van der Waals surface area (Å²) >= 11 is 0. The van der Waals surface area contributed by atoms with Gasteiger partial charge in [0.2, 0.25) is 0 Å². The molecule has 2 aromatic carbocycles. The smallest absolute Gasteiger partial charge is 0.160 e. The molecule has 0 unspecified atom stereocenters. The molecule has 0 spiro atoms. The summed E-state index contributed by atoms with van der Waals surface area (Å²) < 4.78 is 19.0. The number of halogens is 1. The monoisotopic (exact) mass is 330 g/mol. The number of rotatable bonds is 5. The van der Waals surface area contributed by atoms with Crippen LogP contribution in [0.3, 0.4) is 0 Å². The number of piperazine rings is 1. The van der Waals surface area contributed by atoms with Crippen molar-refractivity contribution in [2.45, 2.75) is 6.42 Å². The lowest BCUT2D eigenvalue weighted by Crippen LogP contribution is -2.47. The number of phenols is 1. The van der Waals surface area contributed by atoms with Gasteiger partial charge in [-0.3, -0.25) is 4.90 Å². The Labute approximate surface area is 142 Å². The van der Waals surface area contributed by atoms with Crippen LogP contribution >= 0.6 is 0 Å². The van der Waals surface area contributed by atoms with E-state index in [0.29, 0.717) is 11.4 Å². The van der Waals surface area contributed by atoms with Gasteiger partial charge in [0.1, 0.15) is 5.82 Å². The third-order valence-electron chi connectivity index (χ3n) is 4.53. The summed E-state index contributed by atoms with van der Waals surface area (Å²) in [5, 5.41) is 9.64. The Morgan fingerprint density at radius 1 is 1.08 bits per heavy atom. The molecule has 5 heteroatoms. The molecule has 1 fully saturated rings. The van der Waals surface area contributed by atoms with Crippen LogP contribution in [0.5, 0.6) is 11.5 Å². The summed E-state index contributed by atoms with van der Waals surface area (Å²) in [7, 11) is 1.56. The summed E-state index contributed by atoms with van der Waals surface area (Å²) in [5.41, 5.74) is 1.83. The maximum absolute atomic E-state index is 13.9. The number of ether oxygens (including phenoxy) is 1. The maximum Gasteiger partial charge on any atom is 0.160 e. The molecule has 0 saturated carbocycles. The first-order chi connectivity index (χ1) is 11.7. The van der Waals surface area contributed by atoms with E-state index in [1.165, 1.54) is 6.07 Å². The molecule has 0 aliphatic carbocycles. The van der Waals surface area contributed by atoms with Gasteiger partial charge in [-0.2, -0.15) is 0 Å². The molecule has 0 atom stereocenters. The number of phenolic OH excluding ortho intramolecular Hbond substituents is 1. The van der Waals surface area contributed by atoms with E-state index in [1.54, 1.807) is 19.2 Å². The van der Waals surface area contributed by atoms with E-state index in [9.17, 15) is 9.50 Å². The Bertz CT molecular complexity index is 685. The minimum Gasteiger partial charge on any atom is -0.504 e. The van der Waals surface area contributed by atoms with Crippen LogP contribution in [-0.2, 0) is 6.42 Å². The number of hydrogen-bond donors (Lipinski definition) is 1. The molecule has 4 nitrogen and oxygen atoms in total. The van der Waals surface area contributed by atoms with Crippen molar-refractivity contribution in [3.63, 3.8) is 0 Å². The number of hydrogen-bond acceptors (Lipinski definition) is 4. The molecule has 128 valence electrons. The van der Waals surface area contributed by atoms with Crippen molar-refractivity contribution in [3.05, 3.63) is 53.8 Å². The number of nitrogens with zero attached hydrogens (tertiary/aromatic N) is 2. The Kier molecular flexibility index (Phi) is 5.20. The molecule has 1 saturated heterocycles. The molecular weight excluding hydrogens is 307 g/mol. The van der Waals surface area contributed by atoms with Crippen LogP contribution < -0.4 is 9.64 Å². The fourth-order valence-corrected chi connectivity index (χ4v) is 3.09. The van der Waals surface area contributed by atoms with Gasteiger partial charge in [0.25, 0.3) is 0 Å². The van der Waals surface area contributed by atoms with Gasteiger partial charge < -0.3 is 14.7 Å². The molecular formula is C19H23FN2O2. The van der Waals surface area contributed by atoms with Gasteiger partial charge in [-0.1, -0.05) is 18.2 Å². The fraction of sp³-hybridized carbons (Fsp3) is 0.368. The Morgan fingerprint density at radius 3 is 2.54 bits per heavy atom. The van der Waals surface area contributed by atoms with Crippen molar-refractivity contribution in [3.8, 4) is 11.5 Å². The SMILES string of the molecule is COc1cc(CCN2CCN(c3ccccc3F)CC2)ccc1O. The standard InChI is InChI=1S/C19H23FN2O2/c1-24-19-14-15(6-7-18(19)23)8-9-21-10-12-22(13-11-21)17-5-3-2-4-16(17)20/h2-7,14,23H,8-13H2,1H3. The van der Waals surface area contributed by atoms with Crippen LogP contribution in [0.2, 0.25) is 0 Å². The third-order valence-corrected chi connectivity index (χ3v) is 4.53. The van der Waals surface area contributed by atoms with Crippen molar-refractivity contribution in [1.82, 2.24) is 4.90 Å². The Hall–Kier alpha value is -2.27. The van der Waals surface area contributed by atoms with Gasteiger partial charge in [0, 0.05) is 32.7 Å². The van der Waals surface area contributed by atoms with Crippen molar-refractivity contribution in [1.29, 1.82) is 0 Å². The minimum absolute atomic E-state index is 0.151. The molecule has 0 aromatic heterocycles.